The number of sulfonamides is 1. The van der Waals surface area contributed by atoms with Crippen LogP contribution in [0.2, 0.25) is 0 Å². The summed E-state index contributed by atoms with van der Waals surface area (Å²) in [5.74, 6) is 0. The lowest BCUT2D eigenvalue weighted by Gasteiger charge is -2.31. The number of nitrogens with one attached hydrogen (secondary N) is 2. The van der Waals surface area contributed by atoms with Crippen LogP contribution in [0.15, 0.2) is 0 Å². The van der Waals surface area contributed by atoms with E-state index >= 15 is 0 Å². The molecule has 2 unspecified atom stereocenters. The number of rotatable bonds is 3. The van der Waals surface area contributed by atoms with E-state index < -0.39 is 10.0 Å². The van der Waals surface area contributed by atoms with Gasteiger partial charge in [0.05, 0.1) is 5.25 Å². The Bertz CT molecular complexity index is 313. The highest BCUT2D eigenvalue weighted by Crippen LogP contribution is 2.21. The third-order valence-electron chi connectivity index (χ3n) is 3.33. The molecule has 0 saturated carbocycles. The lowest BCUT2D eigenvalue weighted by molar-refractivity contribution is 0.315. The first-order valence-electron chi connectivity index (χ1n) is 5.95. The van der Waals surface area contributed by atoms with Gasteiger partial charge in [-0.2, -0.15) is 0 Å². The topological polar surface area (TPSA) is 58.2 Å². The summed E-state index contributed by atoms with van der Waals surface area (Å²) in [6.45, 7) is 9.55. The van der Waals surface area contributed by atoms with Crippen molar-refractivity contribution in [2.24, 2.45) is 5.41 Å². The molecule has 0 aromatic carbocycles. The van der Waals surface area contributed by atoms with Gasteiger partial charge in [0, 0.05) is 12.6 Å². The van der Waals surface area contributed by atoms with Gasteiger partial charge in [-0.1, -0.05) is 20.8 Å². The standard InChI is InChI=1S/C11H24N2O2S/c1-9(11(2,3)4)13-16(14,15)10-6-5-7-12-8-10/h9-10,12-13H,5-8H2,1-4H3. The molecular weight excluding hydrogens is 224 g/mol. The van der Waals surface area contributed by atoms with Crippen LogP contribution in [0, 0.1) is 5.41 Å². The van der Waals surface area contributed by atoms with Gasteiger partial charge < -0.3 is 5.32 Å². The first kappa shape index (κ1) is 13.9. The maximum absolute atomic E-state index is 12.1. The van der Waals surface area contributed by atoms with Gasteiger partial charge in [0.1, 0.15) is 0 Å². The molecule has 1 rings (SSSR count). The molecule has 1 aliphatic rings. The molecule has 2 N–H and O–H groups in total. The molecule has 5 heteroatoms. The summed E-state index contributed by atoms with van der Waals surface area (Å²) in [6, 6.07) is -0.0422. The third-order valence-corrected chi connectivity index (χ3v) is 5.29. The van der Waals surface area contributed by atoms with E-state index in [4.69, 9.17) is 0 Å². The van der Waals surface area contributed by atoms with E-state index in [1.54, 1.807) is 0 Å². The first-order chi connectivity index (χ1) is 7.23. The van der Waals surface area contributed by atoms with Crippen LogP contribution in [0.4, 0.5) is 0 Å². The summed E-state index contributed by atoms with van der Waals surface area (Å²) < 4.78 is 27.0. The molecule has 0 aromatic rings. The van der Waals surface area contributed by atoms with Crippen LogP contribution in [-0.4, -0.2) is 32.8 Å². The smallest absolute Gasteiger partial charge is 0.215 e. The van der Waals surface area contributed by atoms with Gasteiger partial charge >= 0.3 is 0 Å². The second-order valence-corrected chi connectivity index (χ2v) is 7.71. The molecule has 0 bridgehead atoms. The fraction of sp³-hybridized carbons (Fsp3) is 1.00. The molecule has 1 saturated heterocycles. The van der Waals surface area contributed by atoms with Gasteiger partial charge in [-0.3, -0.25) is 0 Å². The quantitative estimate of drug-likeness (QED) is 0.786. The summed E-state index contributed by atoms with van der Waals surface area (Å²) in [5, 5.41) is 2.86. The number of hydrogen-bond acceptors (Lipinski definition) is 3. The first-order valence-corrected chi connectivity index (χ1v) is 7.50. The Morgan fingerprint density at radius 2 is 2.00 bits per heavy atom. The molecule has 2 atom stereocenters. The molecule has 0 amide bonds. The molecule has 96 valence electrons. The second-order valence-electron chi connectivity index (χ2n) is 5.72. The van der Waals surface area contributed by atoms with Gasteiger partial charge in [-0.25, -0.2) is 13.1 Å². The average molecular weight is 248 g/mol. The Labute approximate surface area is 99.2 Å². The van der Waals surface area contributed by atoms with Crippen LogP contribution in [0.3, 0.4) is 0 Å². The highest BCUT2D eigenvalue weighted by atomic mass is 32.2. The molecule has 0 radical (unpaired) electrons. The van der Waals surface area contributed by atoms with Gasteiger partial charge in [0.2, 0.25) is 10.0 Å². The van der Waals surface area contributed by atoms with Gasteiger partial charge in [-0.15, -0.1) is 0 Å². The van der Waals surface area contributed by atoms with E-state index in [1.165, 1.54) is 0 Å². The lowest BCUT2D eigenvalue weighted by atomic mass is 9.89. The predicted octanol–water partition coefficient (Wildman–Crippen LogP) is 1.09. The summed E-state index contributed by atoms with van der Waals surface area (Å²) >= 11 is 0. The minimum atomic E-state index is -3.18. The largest absolute Gasteiger partial charge is 0.315 e. The molecule has 4 nitrogen and oxygen atoms in total. The molecule has 1 aliphatic heterocycles. The summed E-state index contributed by atoms with van der Waals surface area (Å²) in [4.78, 5) is 0. The van der Waals surface area contributed by atoms with Gasteiger partial charge in [-0.05, 0) is 31.7 Å². The van der Waals surface area contributed by atoms with Crippen LogP contribution < -0.4 is 10.0 Å². The van der Waals surface area contributed by atoms with Crippen molar-refractivity contribution in [3.63, 3.8) is 0 Å². The van der Waals surface area contributed by atoms with Crippen molar-refractivity contribution in [1.82, 2.24) is 10.0 Å². The highest BCUT2D eigenvalue weighted by molar-refractivity contribution is 7.90. The summed E-state index contributed by atoms with van der Waals surface area (Å²) in [6.07, 6.45) is 1.70. The lowest BCUT2D eigenvalue weighted by Crippen LogP contribution is -2.49. The Hall–Kier alpha value is -0.130. The Morgan fingerprint density at radius 1 is 1.38 bits per heavy atom. The van der Waals surface area contributed by atoms with Crippen LogP contribution in [0.1, 0.15) is 40.5 Å². The van der Waals surface area contributed by atoms with Crippen LogP contribution >= 0.6 is 0 Å². The fourth-order valence-electron chi connectivity index (χ4n) is 1.60. The molecule has 1 heterocycles. The second kappa shape index (κ2) is 5.02. The van der Waals surface area contributed by atoms with Crippen molar-refractivity contribution in [1.29, 1.82) is 0 Å². The van der Waals surface area contributed by atoms with Crippen molar-refractivity contribution < 1.29 is 8.42 Å². The summed E-state index contributed by atoms with van der Waals surface area (Å²) in [5.41, 5.74) is -0.0465. The van der Waals surface area contributed by atoms with Crippen molar-refractivity contribution in [2.45, 2.75) is 51.8 Å². The van der Waals surface area contributed by atoms with Crippen molar-refractivity contribution in [3.05, 3.63) is 0 Å². The molecular formula is C11H24N2O2S. The van der Waals surface area contributed by atoms with E-state index in [9.17, 15) is 8.42 Å². The van der Waals surface area contributed by atoms with E-state index in [0.717, 1.165) is 19.4 Å². The fourth-order valence-corrected chi connectivity index (χ4v) is 3.46. The van der Waals surface area contributed by atoms with E-state index in [1.807, 2.05) is 27.7 Å². The molecule has 16 heavy (non-hydrogen) atoms. The molecule has 0 aliphatic carbocycles. The Kier molecular flexibility index (Phi) is 4.37. The highest BCUT2D eigenvalue weighted by Gasteiger charge is 2.31. The van der Waals surface area contributed by atoms with Gasteiger partial charge in [0.25, 0.3) is 0 Å². The molecule has 0 spiro atoms. The van der Waals surface area contributed by atoms with Crippen LogP contribution in [0.25, 0.3) is 0 Å². The Balaban J connectivity index is 2.64. The zero-order valence-electron chi connectivity index (χ0n) is 10.7. The minimum Gasteiger partial charge on any atom is -0.315 e. The number of hydrogen-bond donors (Lipinski definition) is 2. The molecule has 0 aromatic heterocycles. The zero-order chi connectivity index (χ0) is 12.4. The molecule has 1 fully saturated rings. The van der Waals surface area contributed by atoms with Crippen molar-refractivity contribution >= 4 is 10.0 Å². The van der Waals surface area contributed by atoms with E-state index in [-0.39, 0.29) is 16.7 Å². The SMILES string of the molecule is CC(NS(=O)(=O)C1CCCNC1)C(C)(C)C. The normalized spacial score (nSPS) is 25.4. The Morgan fingerprint density at radius 3 is 2.44 bits per heavy atom. The van der Waals surface area contributed by atoms with Gasteiger partial charge in [0.15, 0.2) is 0 Å². The average Bonchev–Trinajstić information content (AvgIpc) is 2.17. The predicted molar refractivity (Wildman–Crippen MR) is 66.9 cm³/mol. The van der Waals surface area contributed by atoms with Crippen LogP contribution in [-0.2, 0) is 10.0 Å². The third kappa shape index (κ3) is 3.71. The minimum absolute atomic E-state index is 0.0422. The van der Waals surface area contributed by atoms with Crippen LogP contribution in [0.5, 0.6) is 0 Å². The van der Waals surface area contributed by atoms with E-state index in [2.05, 4.69) is 10.0 Å². The van der Waals surface area contributed by atoms with Crippen molar-refractivity contribution in [2.75, 3.05) is 13.1 Å². The zero-order valence-corrected chi connectivity index (χ0v) is 11.5. The van der Waals surface area contributed by atoms with E-state index in [0.29, 0.717) is 6.54 Å². The number of piperidine rings is 1. The maximum Gasteiger partial charge on any atom is 0.215 e. The summed E-state index contributed by atoms with van der Waals surface area (Å²) in [7, 11) is -3.18. The van der Waals surface area contributed by atoms with Crippen molar-refractivity contribution in [3.8, 4) is 0 Å². The monoisotopic (exact) mass is 248 g/mol. The maximum atomic E-state index is 12.1.